The van der Waals surface area contributed by atoms with Gasteiger partial charge in [0.2, 0.25) is 0 Å². The number of hydrogen-bond acceptors (Lipinski definition) is 1. The molecule has 0 aliphatic heterocycles. The third-order valence-corrected chi connectivity index (χ3v) is 3.56. The summed E-state index contributed by atoms with van der Waals surface area (Å²) in [6, 6.07) is 4.83. The fourth-order valence-electron chi connectivity index (χ4n) is 2.15. The summed E-state index contributed by atoms with van der Waals surface area (Å²) in [5.74, 6) is 0.194. The van der Waals surface area contributed by atoms with E-state index in [0.717, 1.165) is 18.6 Å². The maximum atomic E-state index is 12.4. The molecule has 0 N–H and O–H groups in total. The normalized spacial score (nSPS) is 21.7. The maximum absolute atomic E-state index is 12.4. The first-order valence-corrected chi connectivity index (χ1v) is 5.89. The van der Waals surface area contributed by atoms with Gasteiger partial charge in [-0.2, -0.15) is 13.2 Å². The van der Waals surface area contributed by atoms with E-state index >= 15 is 0 Å². The molecular weight excluding hydrogens is 241 g/mol. The molecule has 18 heavy (non-hydrogen) atoms. The lowest BCUT2D eigenvalue weighted by Crippen LogP contribution is -2.10. The summed E-state index contributed by atoms with van der Waals surface area (Å²) in [7, 11) is 0. The summed E-state index contributed by atoms with van der Waals surface area (Å²) < 4.78 is 37.1. The summed E-state index contributed by atoms with van der Waals surface area (Å²) in [5.41, 5.74) is 0.0457. The SMILES string of the molecule is CC1(C)CC1C(=O)Cc1ccc(C(F)(F)F)cc1. The zero-order valence-electron chi connectivity index (χ0n) is 10.3. The largest absolute Gasteiger partial charge is 0.416 e. The minimum Gasteiger partial charge on any atom is -0.299 e. The first-order valence-electron chi connectivity index (χ1n) is 5.89. The lowest BCUT2D eigenvalue weighted by molar-refractivity contribution is -0.137. The summed E-state index contributed by atoms with van der Waals surface area (Å²) in [6.45, 7) is 4.06. The van der Waals surface area contributed by atoms with Crippen LogP contribution in [0.4, 0.5) is 13.2 Å². The number of Topliss-reactive ketones (excluding diaryl/α,β-unsaturated/α-hetero) is 1. The van der Waals surface area contributed by atoms with Crippen molar-refractivity contribution in [2.45, 2.75) is 32.9 Å². The Labute approximate surface area is 104 Å². The summed E-state index contributed by atoms with van der Waals surface area (Å²) in [5, 5.41) is 0. The van der Waals surface area contributed by atoms with Crippen molar-refractivity contribution in [2.75, 3.05) is 0 Å². The quantitative estimate of drug-likeness (QED) is 0.802. The highest BCUT2D eigenvalue weighted by Crippen LogP contribution is 2.52. The molecule has 1 aliphatic carbocycles. The van der Waals surface area contributed by atoms with Crippen molar-refractivity contribution in [3.63, 3.8) is 0 Å². The Balaban J connectivity index is 2.01. The molecule has 1 nitrogen and oxygen atoms in total. The van der Waals surface area contributed by atoms with Crippen LogP contribution in [0.15, 0.2) is 24.3 Å². The monoisotopic (exact) mass is 256 g/mol. The molecule has 0 spiro atoms. The van der Waals surface area contributed by atoms with Crippen molar-refractivity contribution >= 4 is 5.78 Å². The Morgan fingerprint density at radius 1 is 1.28 bits per heavy atom. The highest BCUT2D eigenvalue weighted by Gasteiger charge is 2.49. The molecule has 2 rings (SSSR count). The fourth-order valence-corrected chi connectivity index (χ4v) is 2.15. The molecule has 1 fully saturated rings. The molecule has 4 heteroatoms. The molecule has 1 aliphatic rings. The van der Waals surface area contributed by atoms with E-state index in [1.165, 1.54) is 12.1 Å². The molecular formula is C14H15F3O. The van der Waals surface area contributed by atoms with Gasteiger partial charge in [0.05, 0.1) is 5.56 Å². The first kappa shape index (κ1) is 13.1. The zero-order chi connectivity index (χ0) is 13.6. The van der Waals surface area contributed by atoms with Gasteiger partial charge < -0.3 is 0 Å². The van der Waals surface area contributed by atoms with Gasteiger partial charge in [0, 0.05) is 12.3 Å². The first-order chi connectivity index (χ1) is 8.20. The predicted octanol–water partition coefficient (Wildman–Crippen LogP) is 3.86. The van der Waals surface area contributed by atoms with E-state index in [0.29, 0.717) is 5.56 Å². The van der Waals surface area contributed by atoms with Gasteiger partial charge in [-0.15, -0.1) is 0 Å². The average molecular weight is 256 g/mol. The van der Waals surface area contributed by atoms with E-state index < -0.39 is 11.7 Å². The summed E-state index contributed by atoms with van der Waals surface area (Å²) in [6.07, 6.45) is -3.21. The standard InChI is InChI=1S/C14H15F3O/c1-13(2)8-11(13)12(18)7-9-3-5-10(6-4-9)14(15,16)17/h3-6,11H,7-8H2,1-2H3. The van der Waals surface area contributed by atoms with E-state index in [9.17, 15) is 18.0 Å². The van der Waals surface area contributed by atoms with Crippen molar-refractivity contribution < 1.29 is 18.0 Å². The summed E-state index contributed by atoms with van der Waals surface area (Å²) >= 11 is 0. The second kappa shape index (κ2) is 4.11. The molecule has 0 bridgehead atoms. The van der Waals surface area contributed by atoms with Crippen molar-refractivity contribution in [1.29, 1.82) is 0 Å². The van der Waals surface area contributed by atoms with Gasteiger partial charge in [-0.1, -0.05) is 26.0 Å². The Bertz CT molecular complexity index is 457. The van der Waals surface area contributed by atoms with Crippen LogP contribution < -0.4 is 0 Å². The molecule has 0 saturated heterocycles. The Morgan fingerprint density at radius 2 is 1.78 bits per heavy atom. The Morgan fingerprint density at radius 3 is 2.17 bits per heavy atom. The number of carbonyl (C=O) groups is 1. The van der Waals surface area contributed by atoms with Gasteiger partial charge in [0.1, 0.15) is 5.78 Å². The number of benzene rings is 1. The van der Waals surface area contributed by atoms with Crippen LogP contribution in [-0.4, -0.2) is 5.78 Å². The van der Waals surface area contributed by atoms with Crippen LogP contribution in [0.1, 0.15) is 31.4 Å². The number of ketones is 1. The molecule has 1 aromatic rings. The van der Waals surface area contributed by atoms with Gasteiger partial charge in [0.25, 0.3) is 0 Å². The smallest absolute Gasteiger partial charge is 0.299 e. The molecule has 0 amide bonds. The van der Waals surface area contributed by atoms with Gasteiger partial charge in [0.15, 0.2) is 0 Å². The van der Waals surface area contributed by atoms with E-state index in [1.54, 1.807) is 0 Å². The van der Waals surface area contributed by atoms with Gasteiger partial charge in [-0.3, -0.25) is 4.79 Å². The van der Waals surface area contributed by atoms with Gasteiger partial charge in [-0.25, -0.2) is 0 Å². The van der Waals surface area contributed by atoms with Gasteiger partial charge >= 0.3 is 6.18 Å². The van der Waals surface area contributed by atoms with Crippen LogP contribution in [-0.2, 0) is 17.4 Å². The van der Waals surface area contributed by atoms with Crippen LogP contribution in [0.5, 0.6) is 0 Å². The van der Waals surface area contributed by atoms with Crippen LogP contribution in [0.3, 0.4) is 0 Å². The van der Waals surface area contributed by atoms with Crippen molar-refractivity contribution in [1.82, 2.24) is 0 Å². The third kappa shape index (κ3) is 2.74. The Hall–Kier alpha value is -1.32. The van der Waals surface area contributed by atoms with E-state index in [2.05, 4.69) is 0 Å². The van der Waals surface area contributed by atoms with E-state index in [-0.39, 0.29) is 23.5 Å². The van der Waals surface area contributed by atoms with E-state index in [4.69, 9.17) is 0 Å². The highest BCUT2D eigenvalue weighted by atomic mass is 19.4. The molecule has 1 atom stereocenters. The van der Waals surface area contributed by atoms with Crippen LogP contribution in [0, 0.1) is 11.3 Å². The predicted molar refractivity (Wildman–Crippen MR) is 62.0 cm³/mol. The minimum atomic E-state index is -4.32. The van der Waals surface area contributed by atoms with Crippen molar-refractivity contribution in [2.24, 2.45) is 11.3 Å². The highest BCUT2D eigenvalue weighted by molar-refractivity contribution is 5.86. The number of carbonyl (C=O) groups excluding carboxylic acids is 1. The topological polar surface area (TPSA) is 17.1 Å². The third-order valence-electron chi connectivity index (χ3n) is 3.56. The average Bonchev–Trinajstić information content (AvgIpc) is 2.87. The molecule has 0 heterocycles. The molecule has 1 saturated carbocycles. The summed E-state index contributed by atoms with van der Waals surface area (Å²) in [4.78, 5) is 11.8. The number of hydrogen-bond donors (Lipinski definition) is 0. The lowest BCUT2D eigenvalue weighted by Gasteiger charge is -2.07. The minimum absolute atomic E-state index is 0.0693. The van der Waals surface area contributed by atoms with Crippen molar-refractivity contribution in [3.05, 3.63) is 35.4 Å². The molecule has 1 unspecified atom stereocenters. The van der Waals surface area contributed by atoms with Crippen LogP contribution in [0.2, 0.25) is 0 Å². The number of rotatable bonds is 3. The van der Waals surface area contributed by atoms with Gasteiger partial charge in [-0.05, 0) is 29.5 Å². The lowest BCUT2D eigenvalue weighted by atomic mass is 10.0. The second-order valence-corrected chi connectivity index (χ2v) is 5.58. The Kier molecular flexibility index (Phi) is 2.99. The number of halogens is 3. The molecule has 98 valence electrons. The maximum Gasteiger partial charge on any atom is 0.416 e. The second-order valence-electron chi connectivity index (χ2n) is 5.58. The van der Waals surface area contributed by atoms with Crippen LogP contribution in [0.25, 0.3) is 0 Å². The molecule has 0 aromatic heterocycles. The number of alkyl halides is 3. The molecule has 1 aromatic carbocycles. The van der Waals surface area contributed by atoms with Crippen LogP contribution >= 0.6 is 0 Å². The molecule has 0 radical (unpaired) electrons. The fraction of sp³-hybridized carbons (Fsp3) is 0.500. The van der Waals surface area contributed by atoms with E-state index in [1.807, 2.05) is 13.8 Å². The van der Waals surface area contributed by atoms with Crippen molar-refractivity contribution in [3.8, 4) is 0 Å². The zero-order valence-corrected chi connectivity index (χ0v) is 10.3.